The van der Waals surface area contributed by atoms with Crippen LogP contribution in [0.15, 0.2) is 76.8 Å². The first-order chi connectivity index (χ1) is 14.0. The zero-order valence-electron chi connectivity index (χ0n) is 16.5. The number of benzene rings is 3. The van der Waals surface area contributed by atoms with Gasteiger partial charge in [-0.1, -0.05) is 23.7 Å². The Balaban J connectivity index is 1.82. The third-order valence-corrected chi connectivity index (χ3v) is 4.99. The summed E-state index contributed by atoms with van der Waals surface area (Å²) < 4.78 is 5.44. The van der Waals surface area contributed by atoms with Crippen molar-refractivity contribution in [2.24, 2.45) is 10.1 Å². The molecule has 1 heterocycles. The van der Waals surface area contributed by atoms with Gasteiger partial charge in [0.05, 0.1) is 12.8 Å². The van der Waals surface area contributed by atoms with Gasteiger partial charge < -0.3 is 9.64 Å². The van der Waals surface area contributed by atoms with Gasteiger partial charge in [-0.05, 0) is 54.6 Å². The largest absolute Gasteiger partial charge is 0.497 e. The molecule has 1 aliphatic rings. The van der Waals surface area contributed by atoms with E-state index >= 15 is 0 Å². The molecule has 0 aromatic heterocycles. The smallest absolute Gasteiger partial charge is 0.154 e. The molecule has 3 aromatic rings. The maximum Gasteiger partial charge on any atom is 0.154 e. The Bertz CT molecular complexity index is 1090. The molecule has 0 saturated carbocycles. The number of nitrogens with zero attached hydrogens (tertiary/aromatic N) is 3. The molecule has 1 aliphatic heterocycles. The van der Waals surface area contributed by atoms with E-state index in [1.165, 1.54) is 0 Å². The maximum absolute atomic E-state index is 6.03. The molecule has 0 amide bonds. The molecule has 0 bridgehead atoms. The Labute approximate surface area is 175 Å². The van der Waals surface area contributed by atoms with Crippen molar-refractivity contribution < 1.29 is 4.74 Å². The van der Waals surface area contributed by atoms with Crippen LogP contribution in [-0.4, -0.2) is 32.8 Å². The van der Waals surface area contributed by atoms with Crippen LogP contribution in [0.3, 0.4) is 0 Å². The van der Waals surface area contributed by atoms with Crippen LogP contribution >= 0.6 is 11.6 Å². The molecule has 0 spiro atoms. The Hall–Kier alpha value is -3.31. The average molecular weight is 405 g/mol. The molecule has 3 aromatic carbocycles. The third-order valence-electron chi connectivity index (χ3n) is 4.74. The van der Waals surface area contributed by atoms with Crippen LogP contribution in [0.4, 0.5) is 11.4 Å². The first-order valence-corrected chi connectivity index (χ1v) is 9.57. The molecule has 0 fully saturated rings. The SMILES string of the molecule is COc1ccc2c(c1)C(c1ccc(N(C)C)cc1)=NNC(c1ccc(Cl)cc1)=N2. The number of amidine groups is 1. The van der Waals surface area contributed by atoms with E-state index in [0.717, 1.165) is 39.5 Å². The van der Waals surface area contributed by atoms with Crippen LogP contribution in [0.2, 0.25) is 5.02 Å². The van der Waals surface area contributed by atoms with E-state index in [2.05, 4.69) is 34.6 Å². The van der Waals surface area contributed by atoms with E-state index in [4.69, 9.17) is 26.4 Å². The summed E-state index contributed by atoms with van der Waals surface area (Å²) in [5, 5.41) is 5.38. The van der Waals surface area contributed by atoms with E-state index in [0.29, 0.717) is 10.9 Å². The van der Waals surface area contributed by atoms with Crippen molar-refractivity contribution in [3.63, 3.8) is 0 Å². The molecule has 4 rings (SSSR count). The lowest BCUT2D eigenvalue weighted by atomic mass is 10.00. The second kappa shape index (κ2) is 7.97. The maximum atomic E-state index is 6.03. The number of fused-ring (bicyclic) bond motifs is 1. The Morgan fingerprint density at radius 2 is 1.59 bits per heavy atom. The van der Waals surface area contributed by atoms with Crippen LogP contribution in [0.25, 0.3) is 0 Å². The lowest BCUT2D eigenvalue weighted by Gasteiger charge is -2.14. The van der Waals surface area contributed by atoms with E-state index in [1.807, 2.05) is 56.6 Å². The number of hydrogen-bond acceptors (Lipinski definition) is 5. The van der Waals surface area contributed by atoms with Crippen LogP contribution in [0.1, 0.15) is 16.7 Å². The summed E-state index contributed by atoms with van der Waals surface area (Å²) in [6.07, 6.45) is 0. The van der Waals surface area contributed by atoms with Gasteiger partial charge in [-0.15, -0.1) is 0 Å². The minimum absolute atomic E-state index is 0.660. The highest BCUT2D eigenvalue weighted by molar-refractivity contribution is 6.30. The highest BCUT2D eigenvalue weighted by Crippen LogP contribution is 2.30. The van der Waals surface area contributed by atoms with Crippen molar-refractivity contribution in [3.8, 4) is 5.75 Å². The minimum atomic E-state index is 0.660. The van der Waals surface area contributed by atoms with Crippen LogP contribution in [0.5, 0.6) is 5.75 Å². The topological polar surface area (TPSA) is 49.2 Å². The predicted octanol–water partition coefficient (Wildman–Crippen LogP) is 4.85. The van der Waals surface area contributed by atoms with Crippen LogP contribution in [-0.2, 0) is 0 Å². The van der Waals surface area contributed by atoms with Crippen molar-refractivity contribution in [2.75, 3.05) is 26.1 Å². The van der Waals surface area contributed by atoms with Crippen molar-refractivity contribution >= 4 is 34.5 Å². The zero-order valence-corrected chi connectivity index (χ0v) is 17.2. The summed E-state index contributed by atoms with van der Waals surface area (Å²) in [5.74, 6) is 1.42. The van der Waals surface area contributed by atoms with Crippen LogP contribution in [0, 0.1) is 0 Å². The van der Waals surface area contributed by atoms with E-state index in [9.17, 15) is 0 Å². The van der Waals surface area contributed by atoms with Crippen molar-refractivity contribution in [1.82, 2.24) is 5.43 Å². The Morgan fingerprint density at radius 1 is 0.897 bits per heavy atom. The number of rotatable bonds is 4. The predicted molar refractivity (Wildman–Crippen MR) is 120 cm³/mol. The summed E-state index contributed by atoms with van der Waals surface area (Å²) in [7, 11) is 5.69. The number of nitrogens with one attached hydrogen (secondary N) is 1. The fourth-order valence-corrected chi connectivity index (χ4v) is 3.24. The highest BCUT2D eigenvalue weighted by atomic mass is 35.5. The first kappa shape index (κ1) is 19.0. The Kier molecular flexibility index (Phi) is 5.23. The molecule has 0 radical (unpaired) electrons. The monoisotopic (exact) mass is 404 g/mol. The number of anilines is 1. The van der Waals surface area contributed by atoms with Crippen molar-refractivity contribution in [1.29, 1.82) is 0 Å². The van der Waals surface area contributed by atoms with Gasteiger partial charge in [-0.25, -0.2) is 4.99 Å². The molecule has 6 heteroatoms. The number of hydrogen-bond donors (Lipinski definition) is 1. The lowest BCUT2D eigenvalue weighted by molar-refractivity contribution is 0.415. The van der Waals surface area contributed by atoms with E-state index in [1.54, 1.807) is 7.11 Å². The van der Waals surface area contributed by atoms with Gasteiger partial charge in [0.1, 0.15) is 11.5 Å². The van der Waals surface area contributed by atoms with Gasteiger partial charge in [-0.2, -0.15) is 5.10 Å². The molecule has 0 aliphatic carbocycles. The molecule has 29 heavy (non-hydrogen) atoms. The van der Waals surface area contributed by atoms with E-state index in [-0.39, 0.29) is 0 Å². The van der Waals surface area contributed by atoms with Gasteiger partial charge >= 0.3 is 0 Å². The van der Waals surface area contributed by atoms with Gasteiger partial charge in [0.2, 0.25) is 0 Å². The summed E-state index contributed by atoms with van der Waals surface area (Å²) in [6.45, 7) is 0. The first-order valence-electron chi connectivity index (χ1n) is 9.19. The van der Waals surface area contributed by atoms with Gasteiger partial charge in [0.15, 0.2) is 5.84 Å². The normalized spacial score (nSPS) is 12.8. The van der Waals surface area contributed by atoms with E-state index < -0.39 is 0 Å². The fraction of sp³-hybridized carbons (Fsp3) is 0.130. The van der Waals surface area contributed by atoms with Gasteiger partial charge in [0, 0.05) is 41.5 Å². The second-order valence-electron chi connectivity index (χ2n) is 6.86. The third kappa shape index (κ3) is 3.96. The van der Waals surface area contributed by atoms with Gasteiger partial charge in [-0.3, -0.25) is 5.43 Å². The second-order valence-corrected chi connectivity index (χ2v) is 7.30. The highest BCUT2D eigenvalue weighted by Gasteiger charge is 2.18. The molecule has 1 N–H and O–H groups in total. The number of hydrazone groups is 1. The minimum Gasteiger partial charge on any atom is -0.497 e. The zero-order chi connectivity index (χ0) is 20.4. The van der Waals surface area contributed by atoms with Gasteiger partial charge in [0.25, 0.3) is 0 Å². The van der Waals surface area contributed by atoms with Crippen molar-refractivity contribution in [2.45, 2.75) is 0 Å². The van der Waals surface area contributed by atoms with Crippen molar-refractivity contribution in [3.05, 3.63) is 88.4 Å². The number of aliphatic imine (C=N–C) groups is 1. The Morgan fingerprint density at radius 3 is 2.24 bits per heavy atom. The number of ether oxygens (including phenoxy) is 1. The standard InChI is InChI=1S/C23H21ClN4O/c1-28(2)18-10-6-15(7-11-18)22-20-14-19(29-3)12-13-21(20)25-23(27-26-22)16-4-8-17(24)9-5-16/h4-14H,1-3H3,(H,25,27). The lowest BCUT2D eigenvalue weighted by Crippen LogP contribution is -2.19. The molecule has 0 unspecified atom stereocenters. The fourth-order valence-electron chi connectivity index (χ4n) is 3.12. The summed E-state index contributed by atoms with van der Waals surface area (Å²) in [5.41, 5.74) is 8.67. The summed E-state index contributed by atoms with van der Waals surface area (Å²) in [6, 6.07) is 21.6. The number of halogens is 1. The van der Waals surface area contributed by atoms with Crippen LogP contribution < -0.4 is 15.1 Å². The molecular weight excluding hydrogens is 384 g/mol. The summed E-state index contributed by atoms with van der Waals surface area (Å²) >= 11 is 6.03. The molecular formula is C23H21ClN4O. The molecule has 0 atom stereocenters. The molecule has 0 saturated heterocycles. The molecule has 146 valence electrons. The number of methoxy groups -OCH3 is 1. The average Bonchev–Trinajstić information content (AvgIpc) is 2.93. The molecule has 5 nitrogen and oxygen atoms in total. The summed E-state index contributed by atoms with van der Waals surface area (Å²) in [4.78, 5) is 6.89. The quantitative estimate of drug-likeness (QED) is 0.676.